The van der Waals surface area contributed by atoms with Crippen LogP contribution in [-0.2, 0) is 27.3 Å². The van der Waals surface area contributed by atoms with Gasteiger partial charge in [-0.2, -0.15) is 0 Å². The molecule has 0 spiro atoms. The number of hydrogen-bond acceptors (Lipinski definition) is 5. The molecule has 5 atom stereocenters. The minimum absolute atomic E-state index is 0.0243. The van der Waals surface area contributed by atoms with Gasteiger partial charge < -0.3 is 14.3 Å². The molecule has 1 aromatic heterocycles. The number of allylic oxidation sites excluding steroid dienone is 1. The Hall–Kier alpha value is -2.08. The van der Waals surface area contributed by atoms with Crippen molar-refractivity contribution in [3.05, 3.63) is 35.8 Å². The third-order valence-electron chi connectivity index (χ3n) is 8.15. The van der Waals surface area contributed by atoms with Crippen LogP contribution in [0.15, 0.2) is 28.9 Å². The molecule has 0 amide bonds. The summed E-state index contributed by atoms with van der Waals surface area (Å²) in [5.74, 6) is 0.462. The average molecular weight is 432 g/mol. The number of hydrogen-bond donors (Lipinski definition) is 2. The second-order valence-corrected chi connectivity index (χ2v) is 9.92. The van der Waals surface area contributed by atoms with Gasteiger partial charge in [-0.3, -0.25) is 14.9 Å². The third kappa shape index (κ3) is 4.45. The lowest BCUT2D eigenvalue weighted by molar-refractivity contribution is -0.168. The molecule has 1 aromatic rings. The standard InChI is InChI=1S/C25H37NO5/c1-16-7-10-21-24(3,12-6-13-25(21,4)23(29)30-5)19(16)9-8-18-11-14-31-20(18)15-26-17(2)22(27)28/h11,14,17,19,21,26H,1,6-10,12-13,15H2,2-5H3,(H,27,28)/t17-,19-,21-,24-,25+/m1/s1. The molecular formula is C25H37NO5. The average Bonchev–Trinajstić information content (AvgIpc) is 3.17. The van der Waals surface area contributed by atoms with E-state index in [9.17, 15) is 9.59 Å². The predicted octanol–water partition coefficient (Wildman–Crippen LogP) is 4.73. The van der Waals surface area contributed by atoms with Crippen molar-refractivity contribution in [1.29, 1.82) is 0 Å². The minimum Gasteiger partial charge on any atom is -0.480 e. The molecule has 0 bridgehead atoms. The highest BCUT2D eigenvalue weighted by atomic mass is 16.5. The maximum absolute atomic E-state index is 12.7. The van der Waals surface area contributed by atoms with Crippen LogP contribution in [0.5, 0.6) is 0 Å². The van der Waals surface area contributed by atoms with E-state index in [4.69, 9.17) is 14.3 Å². The largest absolute Gasteiger partial charge is 0.480 e. The summed E-state index contributed by atoms with van der Waals surface area (Å²) in [6, 6.07) is 1.35. The maximum atomic E-state index is 12.7. The van der Waals surface area contributed by atoms with Crippen molar-refractivity contribution in [2.45, 2.75) is 78.3 Å². The smallest absolute Gasteiger partial charge is 0.320 e. The van der Waals surface area contributed by atoms with E-state index >= 15 is 0 Å². The van der Waals surface area contributed by atoms with Crippen molar-refractivity contribution in [3.63, 3.8) is 0 Å². The lowest BCUT2D eigenvalue weighted by Crippen LogP contribution is -2.53. The Morgan fingerprint density at radius 1 is 1.39 bits per heavy atom. The first kappa shape index (κ1) is 23.6. The van der Waals surface area contributed by atoms with Crippen LogP contribution in [0.4, 0.5) is 0 Å². The number of carboxylic acids is 1. The first-order chi connectivity index (χ1) is 14.6. The van der Waals surface area contributed by atoms with E-state index in [2.05, 4.69) is 25.7 Å². The molecule has 2 N–H and O–H groups in total. The van der Waals surface area contributed by atoms with Crippen LogP contribution in [0.1, 0.15) is 70.6 Å². The van der Waals surface area contributed by atoms with Crippen LogP contribution in [0, 0.1) is 22.7 Å². The number of aryl methyl sites for hydroxylation is 1. The first-order valence-corrected chi connectivity index (χ1v) is 11.4. The normalized spacial score (nSPS) is 31.7. The Kier molecular flexibility index (Phi) is 6.99. The highest BCUT2D eigenvalue weighted by molar-refractivity contribution is 5.77. The highest BCUT2D eigenvalue weighted by Gasteiger charge is 2.57. The zero-order valence-corrected chi connectivity index (χ0v) is 19.3. The van der Waals surface area contributed by atoms with Crippen LogP contribution < -0.4 is 5.32 Å². The first-order valence-electron chi connectivity index (χ1n) is 11.4. The maximum Gasteiger partial charge on any atom is 0.320 e. The van der Waals surface area contributed by atoms with Gasteiger partial charge >= 0.3 is 11.9 Å². The fourth-order valence-electron chi connectivity index (χ4n) is 6.34. The summed E-state index contributed by atoms with van der Waals surface area (Å²) in [4.78, 5) is 23.8. The Morgan fingerprint density at radius 2 is 2.13 bits per heavy atom. The molecule has 2 aliphatic carbocycles. The Bertz CT molecular complexity index is 830. The monoisotopic (exact) mass is 431 g/mol. The SMILES string of the molecule is C=C1CC[C@@H]2[C@](C)(CCC[C@]2(C)C(=O)OC)[C@@H]1CCc1ccoc1CN[C@H](C)C(=O)O. The molecule has 6 nitrogen and oxygen atoms in total. The molecule has 6 heteroatoms. The number of furan rings is 1. The fourth-order valence-corrected chi connectivity index (χ4v) is 6.34. The second-order valence-electron chi connectivity index (χ2n) is 9.92. The van der Waals surface area contributed by atoms with Crippen LogP contribution in [0.2, 0.25) is 0 Å². The predicted molar refractivity (Wildman–Crippen MR) is 118 cm³/mol. The number of rotatable bonds is 8. The molecule has 1 heterocycles. The molecule has 31 heavy (non-hydrogen) atoms. The molecule has 0 aromatic carbocycles. The van der Waals surface area contributed by atoms with Gasteiger partial charge in [-0.25, -0.2) is 0 Å². The van der Waals surface area contributed by atoms with E-state index in [1.54, 1.807) is 13.2 Å². The van der Waals surface area contributed by atoms with Crippen LogP contribution in [0.3, 0.4) is 0 Å². The molecule has 2 fully saturated rings. The number of esters is 1. The topological polar surface area (TPSA) is 88.8 Å². The summed E-state index contributed by atoms with van der Waals surface area (Å²) in [7, 11) is 1.50. The van der Waals surface area contributed by atoms with Gasteiger partial charge in [0, 0.05) is 0 Å². The van der Waals surface area contributed by atoms with Gasteiger partial charge in [0.15, 0.2) is 0 Å². The Balaban J connectivity index is 1.75. The zero-order chi connectivity index (χ0) is 22.8. The van der Waals surface area contributed by atoms with Crippen molar-refractivity contribution < 1.29 is 23.8 Å². The summed E-state index contributed by atoms with van der Waals surface area (Å²) in [5, 5.41) is 12.1. The number of carbonyl (C=O) groups excluding carboxylic acids is 1. The van der Waals surface area contributed by atoms with Gasteiger partial charge in [0.1, 0.15) is 11.8 Å². The Morgan fingerprint density at radius 3 is 2.81 bits per heavy atom. The number of aliphatic carboxylic acids is 1. The number of fused-ring (bicyclic) bond motifs is 1. The van der Waals surface area contributed by atoms with E-state index < -0.39 is 17.4 Å². The van der Waals surface area contributed by atoms with Crippen LogP contribution >= 0.6 is 0 Å². The van der Waals surface area contributed by atoms with Crippen molar-refractivity contribution >= 4 is 11.9 Å². The molecule has 3 rings (SSSR count). The number of carboxylic acid groups (broad SMARTS) is 1. The molecule has 2 saturated carbocycles. The quantitative estimate of drug-likeness (QED) is 0.457. The van der Waals surface area contributed by atoms with Crippen LogP contribution in [-0.4, -0.2) is 30.2 Å². The van der Waals surface area contributed by atoms with E-state index in [1.807, 2.05) is 6.07 Å². The lowest BCUT2D eigenvalue weighted by atomic mass is 9.46. The fraction of sp³-hybridized carbons (Fsp3) is 0.680. The summed E-state index contributed by atoms with van der Waals surface area (Å²) in [5.41, 5.74) is 1.99. The van der Waals surface area contributed by atoms with Crippen molar-refractivity contribution in [2.75, 3.05) is 7.11 Å². The molecule has 2 aliphatic rings. The highest BCUT2D eigenvalue weighted by Crippen LogP contribution is 2.62. The second kappa shape index (κ2) is 9.19. The van der Waals surface area contributed by atoms with E-state index in [1.165, 1.54) is 12.7 Å². The van der Waals surface area contributed by atoms with E-state index in [-0.39, 0.29) is 11.4 Å². The van der Waals surface area contributed by atoms with E-state index in [0.717, 1.165) is 56.3 Å². The van der Waals surface area contributed by atoms with Gasteiger partial charge in [-0.05, 0) is 81.3 Å². The van der Waals surface area contributed by atoms with Crippen molar-refractivity contribution in [2.24, 2.45) is 22.7 Å². The summed E-state index contributed by atoms with van der Waals surface area (Å²) in [6.07, 6.45) is 8.42. The van der Waals surface area contributed by atoms with Gasteiger partial charge in [0.05, 0.1) is 25.3 Å². The number of nitrogens with one attached hydrogen (secondary N) is 1. The zero-order valence-electron chi connectivity index (χ0n) is 19.3. The molecule has 0 saturated heterocycles. The van der Waals surface area contributed by atoms with Crippen molar-refractivity contribution in [3.8, 4) is 0 Å². The molecule has 0 radical (unpaired) electrons. The van der Waals surface area contributed by atoms with Crippen LogP contribution in [0.25, 0.3) is 0 Å². The van der Waals surface area contributed by atoms with Gasteiger partial charge in [-0.1, -0.05) is 25.5 Å². The minimum atomic E-state index is -0.878. The van der Waals surface area contributed by atoms with Gasteiger partial charge in [-0.15, -0.1) is 0 Å². The van der Waals surface area contributed by atoms with Gasteiger partial charge in [0.2, 0.25) is 0 Å². The molecular weight excluding hydrogens is 394 g/mol. The van der Waals surface area contributed by atoms with Gasteiger partial charge in [0.25, 0.3) is 0 Å². The number of carbonyl (C=O) groups is 2. The summed E-state index contributed by atoms with van der Waals surface area (Å²) >= 11 is 0. The van der Waals surface area contributed by atoms with Crippen molar-refractivity contribution in [1.82, 2.24) is 5.32 Å². The van der Waals surface area contributed by atoms with E-state index in [0.29, 0.717) is 18.4 Å². The third-order valence-corrected chi connectivity index (χ3v) is 8.15. The number of ether oxygens (including phenoxy) is 1. The Labute approximate surface area is 185 Å². The molecule has 0 unspecified atom stereocenters. The summed E-state index contributed by atoms with van der Waals surface area (Å²) < 4.78 is 10.9. The summed E-state index contributed by atoms with van der Waals surface area (Å²) in [6.45, 7) is 10.9. The lowest BCUT2D eigenvalue weighted by Gasteiger charge is -2.57. The molecule has 0 aliphatic heterocycles. The molecule has 172 valence electrons. The number of methoxy groups -OCH3 is 1.